The lowest BCUT2D eigenvalue weighted by molar-refractivity contribution is 0.301. The van der Waals surface area contributed by atoms with Crippen LogP contribution in [0.4, 0.5) is 0 Å². The van der Waals surface area contributed by atoms with Crippen molar-refractivity contribution >= 4 is 11.8 Å². The van der Waals surface area contributed by atoms with Gasteiger partial charge in [0, 0.05) is 10.5 Å². The molecule has 1 aliphatic rings. The van der Waals surface area contributed by atoms with Gasteiger partial charge < -0.3 is 5.11 Å². The van der Waals surface area contributed by atoms with Crippen LogP contribution in [0, 0.1) is 0 Å². The molecule has 2 atom stereocenters. The molecule has 0 aliphatic carbocycles. The summed E-state index contributed by atoms with van der Waals surface area (Å²) in [5, 5.41) is 9.97. The van der Waals surface area contributed by atoms with Crippen molar-refractivity contribution in [2.45, 2.75) is 30.3 Å². The molecule has 1 aliphatic heterocycles. The molecule has 1 nitrogen and oxygen atoms in total. The molecule has 48 valence electrons. The normalized spacial score (nSPS) is 35.2. The van der Waals surface area contributed by atoms with Gasteiger partial charge in [0.2, 0.25) is 0 Å². The summed E-state index contributed by atoms with van der Waals surface area (Å²) in [7, 11) is 0. The minimum absolute atomic E-state index is 0.384. The summed E-state index contributed by atoms with van der Waals surface area (Å²) in [4.78, 5) is 0. The zero-order valence-corrected chi connectivity index (χ0v) is 5.95. The molecule has 1 rings (SSSR count). The van der Waals surface area contributed by atoms with E-state index >= 15 is 0 Å². The van der Waals surface area contributed by atoms with E-state index in [1.165, 1.54) is 12.8 Å². The summed E-state index contributed by atoms with van der Waals surface area (Å²) in [6, 6.07) is 0. The van der Waals surface area contributed by atoms with E-state index in [1.807, 2.05) is 11.8 Å². The largest absolute Gasteiger partial charge is 0.395 e. The number of hydrogen-bond acceptors (Lipinski definition) is 2. The standard InChI is InChI=1S/C6H12OS/c1-2-3-5-6(4-7)8-5/h5-7H,2-4H2,1H3/t5-,6-/m1/s1. The van der Waals surface area contributed by atoms with E-state index in [4.69, 9.17) is 5.11 Å². The fourth-order valence-corrected chi connectivity index (χ4v) is 1.92. The van der Waals surface area contributed by atoms with Crippen molar-refractivity contribution in [3.05, 3.63) is 0 Å². The van der Waals surface area contributed by atoms with Gasteiger partial charge in [0.1, 0.15) is 0 Å². The zero-order chi connectivity index (χ0) is 5.98. The fourth-order valence-electron chi connectivity index (χ4n) is 0.878. The Bertz CT molecular complexity index is 74.9. The lowest BCUT2D eigenvalue weighted by atomic mass is 10.2. The molecule has 0 aromatic rings. The van der Waals surface area contributed by atoms with Crippen molar-refractivity contribution in [3.63, 3.8) is 0 Å². The predicted molar refractivity (Wildman–Crippen MR) is 37.2 cm³/mol. The first-order valence-electron chi connectivity index (χ1n) is 3.14. The van der Waals surface area contributed by atoms with Crippen LogP contribution in [0.1, 0.15) is 19.8 Å². The van der Waals surface area contributed by atoms with Gasteiger partial charge in [-0.1, -0.05) is 13.3 Å². The van der Waals surface area contributed by atoms with Crippen molar-refractivity contribution in [2.24, 2.45) is 0 Å². The lowest BCUT2D eigenvalue weighted by Crippen LogP contribution is -1.97. The fraction of sp³-hybridized carbons (Fsp3) is 1.00. The van der Waals surface area contributed by atoms with Crippen molar-refractivity contribution in [3.8, 4) is 0 Å². The lowest BCUT2D eigenvalue weighted by Gasteiger charge is -1.87. The first kappa shape index (κ1) is 6.43. The van der Waals surface area contributed by atoms with Crippen LogP contribution in [0.2, 0.25) is 0 Å². The monoisotopic (exact) mass is 132 g/mol. The predicted octanol–water partition coefficient (Wildman–Crippen LogP) is 1.26. The van der Waals surface area contributed by atoms with Gasteiger partial charge in [0.05, 0.1) is 6.61 Å². The van der Waals surface area contributed by atoms with E-state index in [0.717, 1.165) is 5.25 Å². The quantitative estimate of drug-likeness (QED) is 0.583. The summed E-state index contributed by atoms with van der Waals surface area (Å²) in [5.74, 6) is 0. The molecule has 0 radical (unpaired) electrons. The third-order valence-electron chi connectivity index (χ3n) is 1.44. The molecular formula is C6H12OS. The molecule has 0 spiro atoms. The highest BCUT2D eigenvalue weighted by Gasteiger charge is 2.35. The van der Waals surface area contributed by atoms with Crippen LogP contribution < -0.4 is 0 Å². The first-order valence-corrected chi connectivity index (χ1v) is 4.09. The van der Waals surface area contributed by atoms with E-state index < -0.39 is 0 Å². The highest BCUT2D eigenvalue weighted by Crippen LogP contribution is 2.43. The Morgan fingerprint density at radius 2 is 2.25 bits per heavy atom. The molecule has 1 saturated heterocycles. The second-order valence-corrected chi connectivity index (χ2v) is 3.67. The van der Waals surface area contributed by atoms with Crippen LogP contribution in [-0.2, 0) is 0 Å². The molecule has 8 heavy (non-hydrogen) atoms. The molecule has 0 amide bonds. The molecular weight excluding hydrogens is 120 g/mol. The molecule has 1 N–H and O–H groups in total. The molecule has 1 fully saturated rings. The van der Waals surface area contributed by atoms with Crippen LogP contribution >= 0.6 is 11.8 Å². The number of rotatable bonds is 3. The Labute approximate surface area is 54.5 Å². The topological polar surface area (TPSA) is 20.2 Å². The van der Waals surface area contributed by atoms with Crippen molar-refractivity contribution in [1.29, 1.82) is 0 Å². The van der Waals surface area contributed by atoms with Gasteiger partial charge in [-0.05, 0) is 6.42 Å². The summed E-state index contributed by atoms with van der Waals surface area (Å²) in [6.07, 6.45) is 2.55. The summed E-state index contributed by atoms with van der Waals surface area (Å²) < 4.78 is 0. The molecule has 0 bridgehead atoms. The SMILES string of the molecule is CCC[C@H]1S[C@@H]1CO. The zero-order valence-electron chi connectivity index (χ0n) is 5.13. The van der Waals surface area contributed by atoms with Crippen LogP contribution in [0.25, 0.3) is 0 Å². The second-order valence-electron chi connectivity index (χ2n) is 2.18. The van der Waals surface area contributed by atoms with Gasteiger partial charge in [-0.25, -0.2) is 0 Å². The van der Waals surface area contributed by atoms with Crippen LogP contribution in [0.15, 0.2) is 0 Å². The van der Waals surface area contributed by atoms with Crippen LogP contribution in [-0.4, -0.2) is 22.2 Å². The Kier molecular flexibility index (Phi) is 2.20. The maximum atomic E-state index is 8.58. The van der Waals surface area contributed by atoms with Gasteiger partial charge in [-0.15, -0.1) is 0 Å². The molecule has 0 aromatic carbocycles. The van der Waals surface area contributed by atoms with E-state index in [1.54, 1.807) is 0 Å². The van der Waals surface area contributed by atoms with E-state index in [9.17, 15) is 0 Å². The van der Waals surface area contributed by atoms with Gasteiger partial charge >= 0.3 is 0 Å². The van der Waals surface area contributed by atoms with Gasteiger partial charge in [-0.3, -0.25) is 0 Å². The highest BCUT2D eigenvalue weighted by atomic mass is 32.2. The van der Waals surface area contributed by atoms with Gasteiger partial charge in [0.15, 0.2) is 0 Å². The number of aliphatic hydroxyl groups is 1. The first-order chi connectivity index (χ1) is 3.88. The summed E-state index contributed by atoms with van der Waals surface area (Å²) in [5.41, 5.74) is 0. The minimum atomic E-state index is 0.384. The van der Waals surface area contributed by atoms with E-state index in [-0.39, 0.29) is 0 Å². The average molecular weight is 132 g/mol. The Morgan fingerprint density at radius 1 is 1.50 bits per heavy atom. The average Bonchev–Trinajstić information content (AvgIpc) is 2.48. The van der Waals surface area contributed by atoms with Gasteiger partial charge in [0.25, 0.3) is 0 Å². The molecule has 0 saturated carbocycles. The van der Waals surface area contributed by atoms with Crippen molar-refractivity contribution < 1.29 is 5.11 Å². The van der Waals surface area contributed by atoms with Crippen molar-refractivity contribution in [1.82, 2.24) is 0 Å². The van der Waals surface area contributed by atoms with Crippen LogP contribution in [0.5, 0.6) is 0 Å². The Hall–Kier alpha value is 0.310. The second kappa shape index (κ2) is 2.74. The highest BCUT2D eigenvalue weighted by molar-refractivity contribution is 8.07. The summed E-state index contributed by atoms with van der Waals surface area (Å²) in [6.45, 7) is 2.57. The molecule has 2 heteroatoms. The van der Waals surface area contributed by atoms with E-state index in [2.05, 4.69) is 6.92 Å². The third kappa shape index (κ3) is 1.39. The minimum Gasteiger partial charge on any atom is -0.395 e. The molecule has 1 heterocycles. The van der Waals surface area contributed by atoms with Crippen LogP contribution in [0.3, 0.4) is 0 Å². The number of thioether (sulfide) groups is 1. The molecule has 0 aromatic heterocycles. The maximum Gasteiger partial charge on any atom is 0.0560 e. The van der Waals surface area contributed by atoms with Crippen molar-refractivity contribution in [2.75, 3.05) is 6.61 Å². The maximum absolute atomic E-state index is 8.58. The number of aliphatic hydroxyl groups excluding tert-OH is 1. The third-order valence-corrected chi connectivity index (χ3v) is 2.87. The smallest absolute Gasteiger partial charge is 0.0560 e. The molecule has 0 unspecified atom stereocenters. The van der Waals surface area contributed by atoms with Gasteiger partial charge in [-0.2, -0.15) is 11.8 Å². The number of hydrogen-bond donors (Lipinski definition) is 1. The summed E-state index contributed by atoms with van der Waals surface area (Å²) >= 11 is 1.91. The Morgan fingerprint density at radius 3 is 2.62 bits per heavy atom. The van der Waals surface area contributed by atoms with E-state index in [0.29, 0.717) is 11.9 Å². The Balaban J connectivity index is 1.99.